The van der Waals surface area contributed by atoms with Gasteiger partial charge in [-0.25, -0.2) is 9.78 Å². The fourth-order valence-electron chi connectivity index (χ4n) is 3.00. The van der Waals surface area contributed by atoms with Gasteiger partial charge in [0.2, 0.25) is 0 Å². The number of aliphatic hydroxyl groups is 1. The quantitative estimate of drug-likeness (QED) is 0.796. The highest BCUT2D eigenvalue weighted by molar-refractivity contribution is 7.12. The summed E-state index contributed by atoms with van der Waals surface area (Å²) in [5.41, 5.74) is 2.08. The van der Waals surface area contributed by atoms with E-state index >= 15 is 0 Å². The van der Waals surface area contributed by atoms with Crippen LogP contribution >= 0.6 is 11.3 Å². The molecule has 1 saturated carbocycles. The Morgan fingerprint density at radius 1 is 1.25 bits per heavy atom. The Morgan fingerprint density at radius 3 is 2.67 bits per heavy atom. The molecule has 2 aromatic rings. The molecular formula is C18H23N3O2S. The molecule has 0 aliphatic heterocycles. The lowest BCUT2D eigenvalue weighted by Crippen LogP contribution is -2.43. The van der Waals surface area contributed by atoms with Gasteiger partial charge < -0.3 is 15.7 Å². The molecule has 0 spiro atoms. The number of thiazole rings is 1. The van der Waals surface area contributed by atoms with E-state index in [1.54, 1.807) is 11.3 Å². The summed E-state index contributed by atoms with van der Waals surface area (Å²) < 4.78 is 0. The van der Waals surface area contributed by atoms with Crippen LogP contribution < -0.4 is 10.6 Å². The zero-order valence-electron chi connectivity index (χ0n) is 13.8. The summed E-state index contributed by atoms with van der Waals surface area (Å²) in [6.07, 6.45) is 2.99. The molecule has 1 aromatic heterocycles. The molecule has 0 saturated heterocycles. The lowest BCUT2D eigenvalue weighted by molar-refractivity contribution is 0.117. The molecule has 128 valence electrons. The van der Waals surface area contributed by atoms with E-state index in [1.807, 2.05) is 30.3 Å². The molecule has 5 nitrogen and oxygen atoms in total. The van der Waals surface area contributed by atoms with Crippen molar-refractivity contribution in [1.29, 1.82) is 0 Å². The minimum Gasteiger partial charge on any atom is -0.393 e. The first kappa shape index (κ1) is 16.9. The molecule has 0 unspecified atom stereocenters. The molecule has 1 aliphatic carbocycles. The number of nitrogens with zero attached hydrogens (tertiary/aromatic N) is 1. The molecule has 0 radical (unpaired) electrons. The van der Waals surface area contributed by atoms with Crippen LogP contribution in [0.25, 0.3) is 11.3 Å². The van der Waals surface area contributed by atoms with E-state index in [9.17, 15) is 9.90 Å². The van der Waals surface area contributed by atoms with Gasteiger partial charge in [-0.3, -0.25) is 0 Å². The van der Waals surface area contributed by atoms with E-state index in [-0.39, 0.29) is 18.2 Å². The minimum atomic E-state index is -0.208. The van der Waals surface area contributed by atoms with Crippen molar-refractivity contribution in [3.63, 3.8) is 0 Å². The van der Waals surface area contributed by atoms with Crippen molar-refractivity contribution >= 4 is 17.4 Å². The van der Waals surface area contributed by atoms with Crippen molar-refractivity contribution < 1.29 is 9.90 Å². The number of carbonyl (C=O) groups excluding carboxylic acids is 1. The van der Waals surface area contributed by atoms with Gasteiger partial charge in [0.25, 0.3) is 0 Å². The summed E-state index contributed by atoms with van der Waals surface area (Å²) in [6.45, 7) is 2.48. The van der Waals surface area contributed by atoms with Gasteiger partial charge in [0.1, 0.15) is 5.01 Å². The zero-order valence-corrected chi connectivity index (χ0v) is 14.6. The average Bonchev–Trinajstić information content (AvgIpc) is 2.97. The smallest absolute Gasteiger partial charge is 0.315 e. The molecule has 1 aromatic carbocycles. The Morgan fingerprint density at radius 2 is 1.96 bits per heavy atom. The molecule has 0 bridgehead atoms. The Hall–Kier alpha value is -1.92. The number of aryl methyl sites for hydroxylation is 1. The minimum absolute atomic E-state index is 0.159. The molecule has 2 amide bonds. The first-order chi connectivity index (χ1) is 11.6. The molecule has 3 N–H and O–H groups in total. The Labute approximate surface area is 146 Å². The van der Waals surface area contributed by atoms with Crippen LogP contribution in [0.3, 0.4) is 0 Å². The highest BCUT2D eigenvalue weighted by atomic mass is 32.1. The van der Waals surface area contributed by atoms with Gasteiger partial charge in [0.05, 0.1) is 18.3 Å². The molecule has 6 heteroatoms. The highest BCUT2D eigenvalue weighted by Gasteiger charge is 2.20. The summed E-state index contributed by atoms with van der Waals surface area (Å²) in [5.74, 6) is 0. The number of benzene rings is 1. The lowest BCUT2D eigenvalue weighted by atomic mass is 9.93. The number of hydrogen-bond acceptors (Lipinski definition) is 4. The summed E-state index contributed by atoms with van der Waals surface area (Å²) >= 11 is 1.61. The number of hydrogen-bond donors (Lipinski definition) is 3. The Kier molecular flexibility index (Phi) is 5.48. The molecule has 3 rings (SSSR count). The number of carbonyl (C=O) groups is 1. The summed E-state index contributed by atoms with van der Waals surface area (Å²) in [6, 6.07) is 10.1. The van der Waals surface area contributed by atoms with Gasteiger partial charge in [-0.1, -0.05) is 30.3 Å². The van der Waals surface area contributed by atoms with Gasteiger partial charge in [-0.15, -0.1) is 11.3 Å². The van der Waals surface area contributed by atoms with Crippen molar-refractivity contribution in [2.24, 2.45) is 0 Å². The predicted molar refractivity (Wildman–Crippen MR) is 95.9 cm³/mol. The molecular weight excluding hydrogens is 322 g/mol. The second-order valence-corrected chi connectivity index (χ2v) is 7.50. The van der Waals surface area contributed by atoms with E-state index in [2.05, 4.69) is 22.5 Å². The van der Waals surface area contributed by atoms with Crippen LogP contribution in [-0.2, 0) is 6.54 Å². The number of nitrogens with one attached hydrogen (secondary N) is 2. The van der Waals surface area contributed by atoms with E-state index in [0.29, 0.717) is 6.54 Å². The molecule has 1 aliphatic rings. The number of rotatable bonds is 4. The third kappa shape index (κ3) is 4.33. The van der Waals surface area contributed by atoms with Gasteiger partial charge in [0, 0.05) is 16.5 Å². The van der Waals surface area contributed by atoms with Crippen LogP contribution in [0.1, 0.15) is 35.6 Å². The number of aliphatic hydroxyl groups excluding tert-OH is 1. The predicted octanol–water partition coefficient (Wildman–Crippen LogP) is 3.22. The fraction of sp³-hybridized carbons (Fsp3) is 0.444. The van der Waals surface area contributed by atoms with Crippen molar-refractivity contribution in [3.8, 4) is 11.3 Å². The zero-order chi connectivity index (χ0) is 16.9. The van der Waals surface area contributed by atoms with Crippen molar-refractivity contribution in [1.82, 2.24) is 15.6 Å². The standard InChI is InChI=1S/C18H23N3O2S/c1-12-17(13-5-3-2-4-6-13)21-16(24-12)11-19-18(23)20-14-7-9-15(22)10-8-14/h2-6,14-15,22H,7-11H2,1H3,(H2,19,20,23). The van der Waals surface area contributed by atoms with E-state index in [4.69, 9.17) is 0 Å². The molecule has 1 heterocycles. The van der Waals surface area contributed by atoms with Crippen LogP contribution in [0.5, 0.6) is 0 Å². The van der Waals surface area contributed by atoms with E-state index < -0.39 is 0 Å². The molecule has 1 fully saturated rings. The van der Waals surface area contributed by atoms with Gasteiger partial charge in [-0.05, 0) is 32.6 Å². The van der Waals surface area contributed by atoms with E-state index in [1.165, 1.54) is 0 Å². The Bertz CT molecular complexity index is 679. The first-order valence-corrected chi connectivity index (χ1v) is 9.17. The maximum Gasteiger partial charge on any atom is 0.315 e. The average molecular weight is 345 g/mol. The third-order valence-electron chi connectivity index (χ3n) is 4.32. The number of aromatic nitrogens is 1. The SMILES string of the molecule is Cc1sc(CNC(=O)NC2CCC(O)CC2)nc1-c1ccccc1. The lowest BCUT2D eigenvalue weighted by Gasteiger charge is -2.26. The fourth-order valence-corrected chi connectivity index (χ4v) is 3.90. The van der Waals surface area contributed by atoms with Crippen molar-refractivity contribution in [3.05, 3.63) is 40.2 Å². The van der Waals surface area contributed by atoms with Crippen LogP contribution in [0.2, 0.25) is 0 Å². The van der Waals surface area contributed by atoms with Crippen LogP contribution in [0, 0.1) is 6.92 Å². The van der Waals surface area contributed by atoms with Gasteiger partial charge in [-0.2, -0.15) is 0 Å². The summed E-state index contributed by atoms with van der Waals surface area (Å²) in [7, 11) is 0. The Balaban J connectivity index is 1.52. The van der Waals surface area contributed by atoms with Crippen molar-refractivity contribution in [2.75, 3.05) is 0 Å². The maximum atomic E-state index is 12.0. The number of amides is 2. The van der Waals surface area contributed by atoms with Crippen LogP contribution in [-0.4, -0.2) is 28.3 Å². The molecule has 0 atom stereocenters. The second-order valence-electron chi connectivity index (χ2n) is 6.21. The largest absolute Gasteiger partial charge is 0.393 e. The maximum absolute atomic E-state index is 12.0. The second kappa shape index (κ2) is 7.77. The summed E-state index contributed by atoms with van der Waals surface area (Å²) in [4.78, 5) is 17.8. The van der Waals surface area contributed by atoms with Crippen LogP contribution in [0.4, 0.5) is 4.79 Å². The van der Waals surface area contributed by atoms with E-state index in [0.717, 1.165) is 46.8 Å². The van der Waals surface area contributed by atoms with Crippen molar-refractivity contribution in [2.45, 2.75) is 51.3 Å². The molecule has 24 heavy (non-hydrogen) atoms. The van der Waals surface area contributed by atoms with Gasteiger partial charge >= 0.3 is 6.03 Å². The third-order valence-corrected chi connectivity index (χ3v) is 5.29. The highest BCUT2D eigenvalue weighted by Crippen LogP contribution is 2.27. The summed E-state index contributed by atoms with van der Waals surface area (Å²) in [5, 5.41) is 16.3. The topological polar surface area (TPSA) is 74.2 Å². The monoisotopic (exact) mass is 345 g/mol. The normalized spacial score (nSPS) is 20.6. The van der Waals surface area contributed by atoms with Crippen LogP contribution in [0.15, 0.2) is 30.3 Å². The number of urea groups is 1. The van der Waals surface area contributed by atoms with Gasteiger partial charge in [0.15, 0.2) is 0 Å². The first-order valence-electron chi connectivity index (χ1n) is 8.36.